The van der Waals surface area contributed by atoms with Crippen LogP contribution in [-0.4, -0.2) is 50.8 Å². The largest absolute Gasteiger partial charge is 0.423 e. The molecule has 0 bridgehead atoms. The van der Waals surface area contributed by atoms with Gasteiger partial charge in [-0.2, -0.15) is 31.4 Å². The van der Waals surface area contributed by atoms with Crippen molar-refractivity contribution < 1.29 is 36.0 Å². The van der Waals surface area contributed by atoms with Crippen molar-refractivity contribution in [2.24, 2.45) is 5.92 Å². The third-order valence-electron chi connectivity index (χ3n) is 6.03. The Hall–Kier alpha value is -3.43. The summed E-state index contributed by atoms with van der Waals surface area (Å²) in [6, 6.07) is -1.01. The second-order valence-corrected chi connectivity index (χ2v) is 9.28. The summed E-state index contributed by atoms with van der Waals surface area (Å²) < 4.78 is 77.8. The fourth-order valence-electron chi connectivity index (χ4n) is 4.53. The van der Waals surface area contributed by atoms with E-state index in [2.05, 4.69) is 25.9 Å². The van der Waals surface area contributed by atoms with Crippen molar-refractivity contribution in [3.63, 3.8) is 0 Å². The molecule has 2 aromatic rings. The monoisotopic (exact) mass is 551 g/mol. The number of aromatic nitrogens is 4. The molecule has 3 rings (SSSR count). The zero-order valence-electron chi connectivity index (χ0n) is 20.7. The van der Waals surface area contributed by atoms with E-state index < -0.39 is 46.7 Å². The molecule has 4 atom stereocenters. The van der Waals surface area contributed by atoms with Crippen molar-refractivity contribution in [3.05, 3.63) is 40.1 Å². The van der Waals surface area contributed by atoms with Crippen molar-refractivity contribution in [3.8, 4) is 0 Å². The predicted octanol–water partition coefficient (Wildman–Crippen LogP) is 3.53. The first-order valence-corrected chi connectivity index (χ1v) is 11.7. The van der Waals surface area contributed by atoms with Crippen molar-refractivity contribution >= 4 is 17.5 Å². The van der Waals surface area contributed by atoms with Crippen LogP contribution in [0.3, 0.4) is 0 Å². The van der Waals surface area contributed by atoms with Gasteiger partial charge in [0.15, 0.2) is 0 Å². The first kappa shape index (κ1) is 29.1. The van der Waals surface area contributed by atoms with E-state index in [4.69, 9.17) is 4.84 Å². The van der Waals surface area contributed by atoms with E-state index in [0.717, 1.165) is 18.6 Å². The van der Waals surface area contributed by atoms with Crippen LogP contribution < -0.4 is 21.3 Å². The molecule has 0 radical (unpaired) electrons. The first-order valence-electron chi connectivity index (χ1n) is 11.7. The Balaban J connectivity index is 1.48. The van der Waals surface area contributed by atoms with Crippen LogP contribution in [0.25, 0.3) is 0 Å². The molecular formula is C22H27F6N7O3. The van der Waals surface area contributed by atoms with Crippen LogP contribution in [0.2, 0.25) is 0 Å². The summed E-state index contributed by atoms with van der Waals surface area (Å²) in [7, 11) is 0. The summed E-state index contributed by atoms with van der Waals surface area (Å²) in [5.41, 5.74) is -1.99. The van der Waals surface area contributed by atoms with E-state index in [0.29, 0.717) is 12.8 Å². The van der Waals surface area contributed by atoms with Gasteiger partial charge in [-0.05, 0) is 39.5 Å². The molecule has 1 unspecified atom stereocenters. The molecule has 0 aliphatic carbocycles. The standard InChI is InChI=1S/C22H27F6N7O3/c1-11(32-16-9-31-33-19(37)18(16)22(26,27)28)10-38-34-17(36)6-14-4-12(2)35(13(3)5-14)20-29-7-15(8-30-20)21(23,24)25/h7-9,11-14H,4-6,10H2,1-3H3,(H,34,36)(H2,32,33,37)/t11-,12-,13+,14?/m0/s1. The minimum Gasteiger partial charge on any atom is -0.378 e. The van der Waals surface area contributed by atoms with Gasteiger partial charge in [-0.3, -0.25) is 14.4 Å². The Labute approximate surface area is 213 Å². The van der Waals surface area contributed by atoms with E-state index in [1.54, 1.807) is 5.10 Å². The zero-order chi connectivity index (χ0) is 28.3. The number of H-pyrrole nitrogens is 1. The molecule has 16 heteroatoms. The number of nitrogens with zero attached hydrogens (tertiary/aromatic N) is 4. The van der Waals surface area contributed by atoms with Crippen LogP contribution in [0.15, 0.2) is 23.4 Å². The van der Waals surface area contributed by atoms with Crippen LogP contribution in [0.4, 0.5) is 38.0 Å². The third-order valence-corrected chi connectivity index (χ3v) is 6.03. The van der Waals surface area contributed by atoms with E-state index >= 15 is 0 Å². The highest BCUT2D eigenvalue weighted by Gasteiger charge is 2.38. The molecule has 1 aliphatic rings. The second kappa shape index (κ2) is 11.5. The van der Waals surface area contributed by atoms with Crippen molar-refractivity contribution in [1.29, 1.82) is 0 Å². The van der Waals surface area contributed by atoms with Gasteiger partial charge in [0.2, 0.25) is 11.9 Å². The lowest BCUT2D eigenvalue weighted by molar-refractivity contribution is -0.139. The van der Waals surface area contributed by atoms with Gasteiger partial charge in [0, 0.05) is 36.9 Å². The molecule has 1 fully saturated rings. The summed E-state index contributed by atoms with van der Waals surface area (Å²) in [6.45, 7) is 5.02. The normalized spacial score (nSPS) is 21.2. The quantitative estimate of drug-likeness (QED) is 0.336. The maximum Gasteiger partial charge on any atom is 0.423 e. The molecule has 3 heterocycles. The van der Waals surface area contributed by atoms with E-state index in [1.807, 2.05) is 18.7 Å². The minimum atomic E-state index is -4.89. The number of amides is 1. The first-order chi connectivity index (χ1) is 17.7. The molecule has 1 saturated heterocycles. The zero-order valence-corrected chi connectivity index (χ0v) is 20.7. The van der Waals surface area contributed by atoms with Gasteiger partial charge in [-0.15, -0.1) is 0 Å². The topological polar surface area (TPSA) is 125 Å². The van der Waals surface area contributed by atoms with Gasteiger partial charge >= 0.3 is 12.4 Å². The van der Waals surface area contributed by atoms with Gasteiger partial charge in [-0.1, -0.05) is 0 Å². The highest BCUT2D eigenvalue weighted by atomic mass is 19.4. The van der Waals surface area contributed by atoms with E-state index in [1.165, 1.54) is 6.92 Å². The van der Waals surface area contributed by atoms with Gasteiger partial charge < -0.3 is 10.2 Å². The number of aromatic amines is 1. The van der Waals surface area contributed by atoms with Gasteiger partial charge in [0.05, 0.1) is 24.1 Å². The van der Waals surface area contributed by atoms with Crippen LogP contribution in [0, 0.1) is 5.92 Å². The number of rotatable bonds is 8. The lowest BCUT2D eigenvalue weighted by Gasteiger charge is -2.42. The lowest BCUT2D eigenvalue weighted by Crippen LogP contribution is -2.48. The van der Waals surface area contributed by atoms with Crippen LogP contribution >= 0.6 is 0 Å². The number of halogens is 6. The molecule has 0 spiro atoms. The average Bonchev–Trinajstić information content (AvgIpc) is 2.77. The molecule has 10 nitrogen and oxygen atoms in total. The molecule has 38 heavy (non-hydrogen) atoms. The number of carbonyl (C=O) groups excluding carboxylic acids is 1. The molecule has 210 valence electrons. The van der Waals surface area contributed by atoms with Crippen molar-refractivity contribution in [2.45, 2.75) is 70.5 Å². The molecule has 0 aromatic carbocycles. The maximum atomic E-state index is 13.1. The maximum absolute atomic E-state index is 13.1. The third kappa shape index (κ3) is 7.33. The SMILES string of the molecule is C[C@@H]1CC(CC(=O)NOC[C@H](C)Nc2cn[nH]c(=O)c2C(F)(F)F)C[C@H](C)N1c1ncc(C(F)(F)F)cn1. The van der Waals surface area contributed by atoms with Crippen LogP contribution in [-0.2, 0) is 22.0 Å². The van der Waals surface area contributed by atoms with Crippen LogP contribution in [0.1, 0.15) is 51.2 Å². The van der Waals surface area contributed by atoms with Gasteiger partial charge in [0.1, 0.15) is 5.56 Å². The number of nitrogens with one attached hydrogen (secondary N) is 3. The van der Waals surface area contributed by atoms with Gasteiger partial charge in [-0.25, -0.2) is 20.5 Å². The summed E-state index contributed by atoms with van der Waals surface area (Å²) >= 11 is 0. The van der Waals surface area contributed by atoms with E-state index in [-0.39, 0.29) is 37.0 Å². The number of hydroxylamine groups is 1. The summed E-state index contributed by atoms with van der Waals surface area (Å²) in [5, 5.41) is 7.60. The van der Waals surface area contributed by atoms with Crippen molar-refractivity contribution in [1.82, 2.24) is 25.6 Å². The summed E-state index contributed by atoms with van der Waals surface area (Å²) in [6.07, 6.45) is -5.90. The Morgan fingerprint density at radius 3 is 2.26 bits per heavy atom. The minimum absolute atomic E-state index is 0.0543. The molecule has 1 aliphatic heterocycles. The Bertz CT molecular complexity index is 1140. The average molecular weight is 551 g/mol. The fraction of sp³-hybridized carbons (Fsp3) is 0.591. The number of anilines is 2. The number of hydrogen-bond acceptors (Lipinski definition) is 8. The molecular weight excluding hydrogens is 524 g/mol. The molecule has 1 amide bonds. The van der Waals surface area contributed by atoms with Crippen molar-refractivity contribution in [2.75, 3.05) is 16.8 Å². The second-order valence-electron chi connectivity index (χ2n) is 9.28. The fourth-order valence-corrected chi connectivity index (χ4v) is 4.53. The van der Waals surface area contributed by atoms with E-state index in [9.17, 15) is 35.9 Å². The molecule has 3 N–H and O–H groups in total. The number of piperidine rings is 1. The summed E-state index contributed by atoms with van der Waals surface area (Å²) in [4.78, 5) is 38.6. The molecule has 2 aromatic heterocycles. The lowest BCUT2D eigenvalue weighted by atomic mass is 9.85. The Kier molecular flexibility index (Phi) is 8.84. The smallest absolute Gasteiger partial charge is 0.378 e. The number of alkyl halides is 6. The highest BCUT2D eigenvalue weighted by Crippen LogP contribution is 2.34. The Morgan fingerprint density at radius 2 is 1.71 bits per heavy atom. The highest BCUT2D eigenvalue weighted by molar-refractivity contribution is 5.75. The Morgan fingerprint density at radius 1 is 1.11 bits per heavy atom. The predicted molar refractivity (Wildman–Crippen MR) is 123 cm³/mol. The van der Waals surface area contributed by atoms with Gasteiger partial charge in [0.25, 0.3) is 5.56 Å². The molecule has 0 saturated carbocycles. The van der Waals surface area contributed by atoms with Crippen LogP contribution in [0.5, 0.6) is 0 Å². The number of carbonyl (C=O) groups is 1. The summed E-state index contributed by atoms with van der Waals surface area (Å²) in [5.74, 6) is -0.314. The number of hydrogen-bond donors (Lipinski definition) is 3.